The van der Waals surface area contributed by atoms with E-state index < -0.39 is 0 Å². The molecule has 0 aromatic heterocycles. The van der Waals surface area contributed by atoms with Crippen LogP contribution in [0.4, 0.5) is 0 Å². The van der Waals surface area contributed by atoms with E-state index >= 15 is 0 Å². The lowest BCUT2D eigenvalue weighted by atomic mass is 10.2. The van der Waals surface area contributed by atoms with Gasteiger partial charge in [-0.25, -0.2) is 0 Å². The Kier molecular flexibility index (Phi) is 13.3. The van der Waals surface area contributed by atoms with Gasteiger partial charge in [-0.1, -0.05) is 110 Å². The predicted octanol–water partition coefficient (Wildman–Crippen LogP) is 7.19. The van der Waals surface area contributed by atoms with Gasteiger partial charge in [0.25, 0.3) is 0 Å². The standard InChI is InChI=1S/C29H36O3/c1-2-3-4-5-11-17-22-27-28(32-27)23-18-12-9-7-6-8-10-13-19-24-29(30)31-25-26-20-15-14-16-21-26/h3-4,6-7,9-18,20-21,23,27-28H,2,5,8,19,22,24-25H2,1H3/b4-3-,7-6-,12-9+,13-10-,17-11-,23-18+. The summed E-state index contributed by atoms with van der Waals surface area (Å²) >= 11 is 0. The third-order valence-corrected chi connectivity index (χ3v) is 4.80. The smallest absolute Gasteiger partial charge is 0.306 e. The third-order valence-electron chi connectivity index (χ3n) is 4.80. The third kappa shape index (κ3) is 12.7. The Labute approximate surface area is 193 Å². The summed E-state index contributed by atoms with van der Waals surface area (Å²) in [7, 11) is 0. The van der Waals surface area contributed by atoms with Crippen molar-refractivity contribution in [1.82, 2.24) is 0 Å². The minimum atomic E-state index is -0.161. The molecule has 1 fully saturated rings. The van der Waals surface area contributed by atoms with Crippen LogP contribution in [-0.2, 0) is 20.9 Å². The molecule has 1 aromatic carbocycles. The van der Waals surface area contributed by atoms with Crippen molar-refractivity contribution in [2.24, 2.45) is 0 Å². The van der Waals surface area contributed by atoms with E-state index in [1.54, 1.807) is 0 Å². The first-order chi connectivity index (χ1) is 15.8. The van der Waals surface area contributed by atoms with Crippen molar-refractivity contribution in [3.05, 3.63) is 109 Å². The van der Waals surface area contributed by atoms with Crippen molar-refractivity contribution in [3.63, 3.8) is 0 Å². The Hall–Kier alpha value is -2.91. The molecule has 0 spiro atoms. The van der Waals surface area contributed by atoms with Crippen LogP contribution in [0.2, 0.25) is 0 Å². The van der Waals surface area contributed by atoms with E-state index in [-0.39, 0.29) is 12.1 Å². The van der Waals surface area contributed by atoms with E-state index in [0.717, 1.165) is 31.2 Å². The fourth-order valence-corrected chi connectivity index (χ4v) is 2.95. The molecule has 1 aliphatic heterocycles. The Bertz CT molecular complexity index is 812. The Morgan fingerprint density at radius 3 is 2.50 bits per heavy atom. The second-order valence-electron chi connectivity index (χ2n) is 7.55. The van der Waals surface area contributed by atoms with Crippen LogP contribution in [0, 0.1) is 0 Å². The van der Waals surface area contributed by atoms with Gasteiger partial charge in [-0.05, 0) is 37.7 Å². The van der Waals surface area contributed by atoms with Crippen LogP contribution in [0.5, 0.6) is 0 Å². The lowest BCUT2D eigenvalue weighted by molar-refractivity contribution is -0.144. The van der Waals surface area contributed by atoms with E-state index in [9.17, 15) is 4.79 Å². The second-order valence-corrected chi connectivity index (χ2v) is 7.55. The first kappa shape index (κ1) is 25.4. The average molecular weight is 433 g/mol. The predicted molar refractivity (Wildman–Crippen MR) is 133 cm³/mol. The van der Waals surface area contributed by atoms with Gasteiger partial charge in [0.2, 0.25) is 0 Å². The zero-order valence-corrected chi connectivity index (χ0v) is 19.1. The average Bonchev–Trinajstić information content (AvgIpc) is 3.57. The summed E-state index contributed by atoms with van der Waals surface area (Å²) in [6.07, 6.45) is 30.8. The fourth-order valence-electron chi connectivity index (χ4n) is 2.95. The van der Waals surface area contributed by atoms with Crippen LogP contribution in [-0.4, -0.2) is 18.2 Å². The maximum Gasteiger partial charge on any atom is 0.306 e. The van der Waals surface area contributed by atoms with Gasteiger partial charge in [0.15, 0.2) is 0 Å². The maximum atomic E-state index is 11.7. The van der Waals surface area contributed by atoms with Gasteiger partial charge in [-0.2, -0.15) is 0 Å². The molecule has 1 aliphatic rings. The van der Waals surface area contributed by atoms with Crippen molar-refractivity contribution in [3.8, 4) is 0 Å². The summed E-state index contributed by atoms with van der Waals surface area (Å²) in [5.74, 6) is -0.161. The Morgan fingerprint density at radius 1 is 0.906 bits per heavy atom. The fraction of sp³-hybridized carbons (Fsp3) is 0.345. The number of hydrogen-bond acceptors (Lipinski definition) is 3. The van der Waals surface area contributed by atoms with Crippen molar-refractivity contribution < 1.29 is 14.3 Å². The molecule has 2 atom stereocenters. The summed E-state index contributed by atoms with van der Waals surface area (Å²) in [4.78, 5) is 11.7. The van der Waals surface area contributed by atoms with Gasteiger partial charge < -0.3 is 9.47 Å². The molecule has 0 N–H and O–H groups in total. The molecule has 3 nitrogen and oxygen atoms in total. The number of carbonyl (C=O) groups excluding carboxylic acids is 1. The van der Waals surface area contributed by atoms with Crippen LogP contribution in [0.15, 0.2) is 103 Å². The molecule has 0 bridgehead atoms. The molecule has 32 heavy (non-hydrogen) atoms. The quantitative estimate of drug-likeness (QED) is 0.127. The highest BCUT2D eigenvalue weighted by molar-refractivity contribution is 5.69. The monoisotopic (exact) mass is 432 g/mol. The molecule has 0 saturated carbocycles. The first-order valence-electron chi connectivity index (χ1n) is 11.6. The summed E-state index contributed by atoms with van der Waals surface area (Å²) in [6.45, 7) is 2.49. The van der Waals surface area contributed by atoms with E-state index in [4.69, 9.17) is 9.47 Å². The molecule has 1 aromatic rings. The van der Waals surface area contributed by atoms with Crippen molar-refractivity contribution in [2.75, 3.05) is 0 Å². The van der Waals surface area contributed by atoms with E-state index in [0.29, 0.717) is 25.6 Å². The largest absolute Gasteiger partial charge is 0.461 e. The van der Waals surface area contributed by atoms with Gasteiger partial charge in [0.1, 0.15) is 12.7 Å². The summed E-state index contributed by atoms with van der Waals surface area (Å²) < 4.78 is 10.9. The summed E-state index contributed by atoms with van der Waals surface area (Å²) in [5.41, 5.74) is 1.01. The number of hydrogen-bond donors (Lipinski definition) is 0. The highest BCUT2D eigenvalue weighted by Crippen LogP contribution is 2.26. The molecule has 3 heteroatoms. The molecule has 0 aliphatic carbocycles. The van der Waals surface area contributed by atoms with Gasteiger partial charge >= 0.3 is 5.97 Å². The van der Waals surface area contributed by atoms with Crippen LogP contribution in [0.3, 0.4) is 0 Å². The molecule has 2 unspecified atom stereocenters. The first-order valence-corrected chi connectivity index (χ1v) is 11.6. The van der Waals surface area contributed by atoms with Crippen LogP contribution in [0.25, 0.3) is 0 Å². The Balaban J connectivity index is 1.45. The SMILES string of the molecule is CC/C=C\C/C=C\CC1OC1/C=C/C=C/C=C\C/C=C\CCC(=O)OCc1ccccc1. The maximum absolute atomic E-state index is 11.7. The highest BCUT2D eigenvalue weighted by Gasteiger charge is 2.34. The molecule has 1 heterocycles. The van der Waals surface area contributed by atoms with Crippen molar-refractivity contribution in [1.29, 1.82) is 0 Å². The molecule has 0 radical (unpaired) electrons. The minimum absolute atomic E-state index is 0.161. The molecular weight excluding hydrogens is 396 g/mol. The van der Waals surface area contributed by atoms with Crippen molar-refractivity contribution in [2.45, 2.75) is 64.3 Å². The number of benzene rings is 1. The summed E-state index contributed by atoms with van der Waals surface area (Å²) in [6, 6.07) is 9.73. The van der Waals surface area contributed by atoms with Gasteiger partial charge in [0, 0.05) is 6.42 Å². The molecular formula is C29H36O3. The lowest BCUT2D eigenvalue weighted by Crippen LogP contribution is -2.03. The zero-order chi connectivity index (χ0) is 22.7. The second kappa shape index (κ2) is 16.7. The number of epoxide rings is 1. The van der Waals surface area contributed by atoms with Gasteiger partial charge in [0.05, 0.1) is 6.10 Å². The number of rotatable bonds is 15. The van der Waals surface area contributed by atoms with E-state index in [1.165, 1.54) is 0 Å². The van der Waals surface area contributed by atoms with E-state index in [2.05, 4.69) is 49.5 Å². The molecule has 2 rings (SSSR count). The van der Waals surface area contributed by atoms with Crippen LogP contribution >= 0.6 is 0 Å². The minimum Gasteiger partial charge on any atom is -0.461 e. The molecule has 0 amide bonds. The van der Waals surface area contributed by atoms with Gasteiger partial charge in [-0.15, -0.1) is 0 Å². The normalized spacial score (nSPS) is 18.9. The Morgan fingerprint density at radius 2 is 1.66 bits per heavy atom. The van der Waals surface area contributed by atoms with Crippen LogP contribution in [0.1, 0.15) is 51.0 Å². The topological polar surface area (TPSA) is 38.8 Å². The highest BCUT2D eigenvalue weighted by atomic mass is 16.6. The number of esters is 1. The van der Waals surface area contributed by atoms with E-state index in [1.807, 2.05) is 60.7 Å². The zero-order valence-electron chi connectivity index (χ0n) is 19.1. The molecule has 170 valence electrons. The van der Waals surface area contributed by atoms with Crippen molar-refractivity contribution >= 4 is 5.97 Å². The number of ether oxygens (including phenoxy) is 2. The lowest BCUT2D eigenvalue weighted by Gasteiger charge is -2.03. The molecule has 1 saturated heterocycles. The summed E-state index contributed by atoms with van der Waals surface area (Å²) in [5, 5.41) is 0. The number of carbonyl (C=O) groups is 1. The van der Waals surface area contributed by atoms with Crippen LogP contribution < -0.4 is 0 Å². The number of allylic oxidation sites excluding steroid dienone is 10. The van der Waals surface area contributed by atoms with Gasteiger partial charge in [-0.3, -0.25) is 4.79 Å².